The number of hydrogen-bond acceptors (Lipinski definition) is 6. The molecule has 0 spiro atoms. The molecule has 3 aromatic heterocycles. The lowest BCUT2D eigenvalue weighted by molar-refractivity contribution is -0.146. The molecule has 4 rings (SSSR count). The van der Waals surface area contributed by atoms with E-state index >= 15 is 0 Å². The number of carbonyl (C=O) groups is 2. The molecule has 4 heterocycles. The summed E-state index contributed by atoms with van der Waals surface area (Å²) in [6, 6.07) is 3.63. The average molecular weight is 379 g/mol. The lowest BCUT2D eigenvalue weighted by atomic mass is 9.90. The second kappa shape index (κ2) is 7.26. The number of anilines is 2. The lowest BCUT2D eigenvalue weighted by Crippen LogP contribution is -2.46. The first-order valence-electron chi connectivity index (χ1n) is 9.14. The fourth-order valence-corrected chi connectivity index (χ4v) is 3.66. The van der Waals surface area contributed by atoms with Crippen LogP contribution in [0.2, 0.25) is 0 Å². The Bertz CT molecular complexity index is 1020. The van der Waals surface area contributed by atoms with Crippen molar-refractivity contribution in [3.63, 3.8) is 0 Å². The van der Waals surface area contributed by atoms with Gasteiger partial charge in [-0.2, -0.15) is 5.10 Å². The van der Waals surface area contributed by atoms with Gasteiger partial charge >= 0.3 is 11.8 Å². The largest absolute Gasteiger partial charge is 0.383 e. The van der Waals surface area contributed by atoms with Crippen LogP contribution < -0.4 is 11.1 Å². The van der Waals surface area contributed by atoms with E-state index in [-0.39, 0.29) is 6.04 Å². The molecule has 0 saturated carbocycles. The molecule has 28 heavy (non-hydrogen) atoms. The number of carbonyl (C=O) groups excluding carboxylic acids is 2. The van der Waals surface area contributed by atoms with Crippen LogP contribution in [-0.2, 0) is 9.59 Å². The van der Waals surface area contributed by atoms with Gasteiger partial charge in [-0.3, -0.25) is 19.7 Å². The van der Waals surface area contributed by atoms with Gasteiger partial charge in [0, 0.05) is 18.9 Å². The van der Waals surface area contributed by atoms with Crippen molar-refractivity contribution in [2.24, 2.45) is 5.92 Å². The Hall–Kier alpha value is -3.49. The van der Waals surface area contributed by atoms with E-state index in [1.54, 1.807) is 17.3 Å². The van der Waals surface area contributed by atoms with Crippen LogP contribution in [0.5, 0.6) is 0 Å². The highest BCUT2D eigenvalue weighted by Crippen LogP contribution is 2.33. The molecule has 4 N–H and O–H groups in total. The normalized spacial score (nSPS) is 19.5. The molecule has 0 aromatic carbocycles. The van der Waals surface area contributed by atoms with Gasteiger partial charge < -0.3 is 16.0 Å². The molecule has 144 valence electrons. The highest BCUT2D eigenvalue weighted by molar-refractivity contribution is 6.40. The zero-order chi connectivity index (χ0) is 19.7. The predicted octanol–water partition coefficient (Wildman–Crippen LogP) is 1.87. The first-order valence-corrected chi connectivity index (χ1v) is 9.14. The van der Waals surface area contributed by atoms with Gasteiger partial charge in [-0.15, -0.1) is 0 Å². The highest BCUT2D eigenvalue weighted by atomic mass is 16.2. The zero-order valence-electron chi connectivity index (χ0n) is 15.4. The Kier molecular flexibility index (Phi) is 4.64. The van der Waals surface area contributed by atoms with Crippen LogP contribution in [0, 0.1) is 5.92 Å². The van der Waals surface area contributed by atoms with Gasteiger partial charge in [0.15, 0.2) is 0 Å². The van der Waals surface area contributed by atoms with E-state index < -0.39 is 11.8 Å². The second-order valence-electron chi connectivity index (χ2n) is 7.11. The molecule has 2 atom stereocenters. The summed E-state index contributed by atoms with van der Waals surface area (Å²) in [5.41, 5.74) is 7.69. The van der Waals surface area contributed by atoms with E-state index in [0.717, 1.165) is 18.4 Å². The van der Waals surface area contributed by atoms with Gasteiger partial charge in [0.1, 0.15) is 5.82 Å². The van der Waals surface area contributed by atoms with Crippen molar-refractivity contribution in [2.75, 3.05) is 17.6 Å². The molecule has 2 amide bonds. The third kappa shape index (κ3) is 3.26. The van der Waals surface area contributed by atoms with Crippen molar-refractivity contribution in [1.29, 1.82) is 0 Å². The van der Waals surface area contributed by atoms with Crippen molar-refractivity contribution >= 4 is 34.2 Å². The van der Waals surface area contributed by atoms with Crippen LogP contribution >= 0.6 is 0 Å². The number of nitrogens with two attached hydrogens (primary N) is 1. The summed E-state index contributed by atoms with van der Waals surface area (Å²) in [6.45, 7) is 2.61. The van der Waals surface area contributed by atoms with Crippen LogP contribution in [0.1, 0.15) is 31.4 Å². The number of H-pyrrole nitrogens is 1. The maximum absolute atomic E-state index is 13.0. The first-order chi connectivity index (χ1) is 13.5. The van der Waals surface area contributed by atoms with E-state index in [9.17, 15) is 9.59 Å². The number of aromatic amines is 1. The number of aromatic nitrogens is 4. The smallest absolute Gasteiger partial charge is 0.314 e. The summed E-state index contributed by atoms with van der Waals surface area (Å²) < 4.78 is 0. The van der Waals surface area contributed by atoms with Gasteiger partial charge in [-0.1, -0.05) is 6.92 Å². The van der Waals surface area contributed by atoms with E-state index in [1.165, 1.54) is 12.4 Å². The number of amides is 2. The van der Waals surface area contributed by atoms with Crippen LogP contribution in [0.3, 0.4) is 0 Å². The maximum atomic E-state index is 13.0. The number of nitrogen functional groups attached to an aromatic ring is 1. The third-order valence-corrected chi connectivity index (χ3v) is 5.13. The van der Waals surface area contributed by atoms with Gasteiger partial charge in [-0.05, 0) is 36.5 Å². The quantitative estimate of drug-likeness (QED) is 0.583. The number of nitrogens with zero attached hydrogens (tertiary/aromatic N) is 4. The van der Waals surface area contributed by atoms with Gasteiger partial charge in [0.05, 0.1) is 35.0 Å². The molecular weight excluding hydrogens is 358 g/mol. The van der Waals surface area contributed by atoms with Crippen molar-refractivity contribution in [2.45, 2.75) is 25.8 Å². The summed E-state index contributed by atoms with van der Waals surface area (Å²) in [6.07, 6.45) is 8.14. The minimum absolute atomic E-state index is 0.144. The molecule has 1 saturated heterocycles. The van der Waals surface area contributed by atoms with Crippen LogP contribution in [-0.4, -0.2) is 43.4 Å². The molecule has 1 fully saturated rings. The molecule has 1 aliphatic heterocycles. The van der Waals surface area contributed by atoms with Crippen molar-refractivity contribution in [1.82, 2.24) is 25.1 Å². The number of hydrogen-bond donors (Lipinski definition) is 3. The Balaban J connectivity index is 1.58. The maximum Gasteiger partial charge on any atom is 0.314 e. The predicted molar refractivity (Wildman–Crippen MR) is 104 cm³/mol. The van der Waals surface area contributed by atoms with Crippen LogP contribution in [0.15, 0.2) is 36.9 Å². The van der Waals surface area contributed by atoms with Crippen molar-refractivity contribution in [3.8, 4) is 0 Å². The van der Waals surface area contributed by atoms with Gasteiger partial charge in [0.2, 0.25) is 0 Å². The molecule has 0 aliphatic carbocycles. The van der Waals surface area contributed by atoms with E-state index in [0.29, 0.717) is 34.9 Å². The number of piperidine rings is 1. The monoisotopic (exact) mass is 379 g/mol. The second-order valence-corrected chi connectivity index (χ2v) is 7.11. The number of likely N-dealkylation sites (tertiary alicyclic amines) is 1. The molecule has 9 heteroatoms. The Morgan fingerprint density at radius 2 is 2.04 bits per heavy atom. The van der Waals surface area contributed by atoms with Gasteiger partial charge in [-0.25, -0.2) is 4.98 Å². The molecular formula is C19H21N7O2. The van der Waals surface area contributed by atoms with Crippen LogP contribution in [0.4, 0.5) is 11.5 Å². The molecule has 1 unspecified atom stereocenters. The Morgan fingerprint density at radius 1 is 1.25 bits per heavy atom. The van der Waals surface area contributed by atoms with Gasteiger partial charge in [0.25, 0.3) is 0 Å². The summed E-state index contributed by atoms with van der Waals surface area (Å²) >= 11 is 0. The van der Waals surface area contributed by atoms with Crippen molar-refractivity contribution < 1.29 is 9.59 Å². The topological polar surface area (TPSA) is 130 Å². The first kappa shape index (κ1) is 17.9. The minimum atomic E-state index is -0.712. The number of rotatable bonds is 2. The summed E-state index contributed by atoms with van der Waals surface area (Å²) in [5, 5.41) is 9.95. The van der Waals surface area contributed by atoms with E-state index in [2.05, 4.69) is 32.4 Å². The lowest BCUT2D eigenvalue weighted by Gasteiger charge is -2.38. The Morgan fingerprint density at radius 3 is 2.82 bits per heavy atom. The standard InChI is InChI=1S/C19H21N7O2/c1-11-2-3-15(12-4-6-21-7-5-12)26(10-11)19(28)18(27)24-14-9-22-17(20)13-8-23-25-16(13)14/h4-9,11,15H,2-3,10H2,1H3,(H2,20,22)(H,23,25)(H,24,27)/t11-,15?/m0/s1. The fourth-order valence-electron chi connectivity index (χ4n) is 3.66. The number of fused-ring (bicyclic) bond motifs is 1. The van der Waals surface area contributed by atoms with E-state index in [1.807, 2.05) is 12.1 Å². The average Bonchev–Trinajstić information content (AvgIpc) is 3.21. The minimum Gasteiger partial charge on any atom is -0.383 e. The molecule has 0 radical (unpaired) electrons. The molecule has 1 aliphatic rings. The van der Waals surface area contributed by atoms with Crippen LogP contribution in [0.25, 0.3) is 10.9 Å². The summed E-state index contributed by atoms with van der Waals surface area (Å²) in [7, 11) is 0. The SMILES string of the molecule is C[C@H]1CCC(c2ccncc2)N(C(=O)C(=O)Nc2cnc(N)c3cn[nH]c23)C1. The number of pyridine rings is 2. The van der Waals surface area contributed by atoms with E-state index in [4.69, 9.17) is 5.73 Å². The zero-order valence-corrected chi connectivity index (χ0v) is 15.4. The molecule has 9 nitrogen and oxygen atoms in total. The van der Waals surface area contributed by atoms with Crippen molar-refractivity contribution in [3.05, 3.63) is 42.5 Å². The summed E-state index contributed by atoms with van der Waals surface area (Å²) in [4.78, 5) is 35.5. The number of nitrogens with one attached hydrogen (secondary N) is 2. The molecule has 3 aromatic rings. The fraction of sp³-hybridized carbons (Fsp3) is 0.316. The highest BCUT2D eigenvalue weighted by Gasteiger charge is 2.34. The summed E-state index contributed by atoms with van der Waals surface area (Å²) in [5.74, 6) is -0.656. The Labute approximate surface area is 161 Å². The third-order valence-electron chi connectivity index (χ3n) is 5.13. The molecule has 0 bridgehead atoms.